The zero-order valence-corrected chi connectivity index (χ0v) is 14.3. The van der Waals surface area contributed by atoms with Gasteiger partial charge in [0.15, 0.2) is 0 Å². The molecule has 3 rings (SSSR count). The lowest BCUT2D eigenvalue weighted by Gasteiger charge is -2.28. The summed E-state index contributed by atoms with van der Waals surface area (Å²) < 4.78 is 18.3. The van der Waals surface area contributed by atoms with Crippen molar-refractivity contribution in [2.45, 2.75) is 13.0 Å². The highest BCUT2D eigenvalue weighted by molar-refractivity contribution is 6.06. The lowest BCUT2D eigenvalue weighted by atomic mass is 9.95. The molecule has 1 heterocycles. The van der Waals surface area contributed by atoms with Crippen molar-refractivity contribution >= 4 is 17.6 Å². The highest BCUT2D eigenvalue weighted by atomic mass is 19.1. The third-order valence-electron chi connectivity index (χ3n) is 4.06. The van der Waals surface area contributed by atoms with Crippen molar-refractivity contribution < 1.29 is 18.7 Å². The molecule has 0 fully saturated rings. The van der Waals surface area contributed by atoms with E-state index in [0.717, 1.165) is 0 Å². The van der Waals surface area contributed by atoms with Crippen LogP contribution in [0.2, 0.25) is 0 Å². The number of nitrogens with one attached hydrogen (secondary N) is 3. The maximum absolute atomic E-state index is 13.2. The third kappa shape index (κ3) is 3.66. The number of halogens is 1. The van der Waals surface area contributed by atoms with Crippen LogP contribution in [0, 0.1) is 5.82 Å². The van der Waals surface area contributed by atoms with Gasteiger partial charge < -0.3 is 20.7 Å². The van der Waals surface area contributed by atoms with Crippen LogP contribution in [0.4, 0.5) is 14.9 Å². The predicted molar refractivity (Wildman–Crippen MR) is 95.1 cm³/mol. The molecule has 3 amide bonds. The first-order valence-electron chi connectivity index (χ1n) is 7.97. The molecule has 1 aliphatic rings. The van der Waals surface area contributed by atoms with Gasteiger partial charge in [-0.15, -0.1) is 0 Å². The highest BCUT2D eigenvalue weighted by Gasteiger charge is 2.31. The zero-order valence-electron chi connectivity index (χ0n) is 14.3. The fourth-order valence-electron chi connectivity index (χ4n) is 2.77. The number of benzene rings is 2. The normalized spacial score (nSPS) is 16.6. The number of amides is 3. The number of urea groups is 1. The summed E-state index contributed by atoms with van der Waals surface area (Å²) in [6, 6.07) is 11.5. The molecule has 1 atom stereocenters. The van der Waals surface area contributed by atoms with E-state index in [2.05, 4.69) is 16.0 Å². The Morgan fingerprint density at radius 1 is 1.12 bits per heavy atom. The van der Waals surface area contributed by atoms with Crippen molar-refractivity contribution in [3.63, 3.8) is 0 Å². The topological polar surface area (TPSA) is 79.5 Å². The van der Waals surface area contributed by atoms with Crippen LogP contribution in [0.5, 0.6) is 5.75 Å². The number of anilines is 1. The molecule has 2 aromatic carbocycles. The van der Waals surface area contributed by atoms with Gasteiger partial charge in [-0.1, -0.05) is 12.1 Å². The monoisotopic (exact) mass is 355 g/mol. The first kappa shape index (κ1) is 17.5. The van der Waals surface area contributed by atoms with Crippen LogP contribution in [0.25, 0.3) is 0 Å². The number of ether oxygens (including phenoxy) is 1. The molecule has 0 aromatic heterocycles. The van der Waals surface area contributed by atoms with Gasteiger partial charge in [-0.2, -0.15) is 0 Å². The van der Waals surface area contributed by atoms with E-state index >= 15 is 0 Å². The van der Waals surface area contributed by atoms with Gasteiger partial charge in [0.1, 0.15) is 11.6 Å². The molecule has 0 saturated heterocycles. The second-order valence-electron chi connectivity index (χ2n) is 5.80. The lowest BCUT2D eigenvalue weighted by molar-refractivity contribution is -0.113. The summed E-state index contributed by atoms with van der Waals surface area (Å²) in [6.45, 7) is 1.65. The van der Waals surface area contributed by atoms with E-state index in [1.807, 2.05) is 0 Å². The van der Waals surface area contributed by atoms with E-state index in [-0.39, 0.29) is 11.7 Å². The van der Waals surface area contributed by atoms with Gasteiger partial charge in [0, 0.05) is 11.4 Å². The van der Waals surface area contributed by atoms with E-state index in [4.69, 9.17) is 4.74 Å². The minimum atomic E-state index is -0.678. The van der Waals surface area contributed by atoms with Crippen molar-refractivity contribution in [2.24, 2.45) is 0 Å². The van der Waals surface area contributed by atoms with E-state index in [0.29, 0.717) is 28.3 Å². The minimum absolute atomic E-state index is 0.354. The molecule has 7 heteroatoms. The SMILES string of the molecule is COc1ccc(NC(=O)C2=C(C)NC(=O)NC2c2ccc(F)cc2)cc1. The average molecular weight is 355 g/mol. The summed E-state index contributed by atoms with van der Waals surface area (Å²) in [5.41, 5.74) is 1.99. The quantitative estimate of drug-likeness (QED) is 0.788. The molecular formula is C19H18FN3O3. The minimum Gasteiger partial charge on any atom is -0.497 e. The molecule has 26 heavy (non-hydrogen) atoms. The molecule has 0 spiro atoms. The second kappa shape index (κ2) is 7.26. The van der Waals surface area contributed by atoms with Crippen LogP contribution in [0.3, 0.4) is 0 Å². The maximum atomic E-state index is 13.2. The van der Waals surface area contributed by atoms with Gasteiger partial charge in [-0.3, -0.25) is 4.79 Å². The van der Waals surface area contributed by atoms with Gasteiger partial charge in [0.2, 0.25) is 0 Å². The van der Waals surface area contributed by atoms with Crippen LogP contribution < -0.4 is 20.7 Å². The van der Waals surface area contributed by atoms with Crippen LogP contribution in [-0.2, 0) is 4.79 Å². The van der Waals surface area contributed by atoms with Gasteiger partial charge in [0.05, 0.1) is 18.7 Å². The predicted octanol–water partition coefficient (Wildman–Crippen LogP) is 3.10. The van der Waals surface area contributed by atoms with Crippen LogP contribution in [0.1, 0.15) is 18.5 Å². The second-order valence-corrected chi connectivity index (χ2v) is 5.80. The Kier molecular flexibility index (Phi) is 4.88. The van der Waals surface area contributed by atoms with Gasteiger partial charge in [-0.25, -0.2) is 9.18 Å². The van der Waals surface area contributed by atoms with Crippen LogP contribution in [-0.4, -0.2) is 19.0 Å². The maximum Gasteiger partial charge on any atom is 0.319 e. The number of hydrogen-bond donors (Lipinski definition) is 3. The van der Waals surface area contributed by atoms with Gasteiger partial charge in [-0.05, 0) is 48.9 Å². The fraction of sp³-hybridized carbons (Fsp3) is 0.158. The summed E-state index contributed by atoms with van der Waals surface area (Å²) in [6.07, 6.45) is 0. The van der Waals surface area contributed by atoms with Crippen LogP contribution >= 0.6 is 0 Å². The molecule has 3 N–H and O–H groups in total. The Hall–Kier alpha value is -3.35. The number of allylic oxidation sites excluding steroid dienone is 1. The smallest absolute Gasteiger partial charge is 0.319 e. The number of hydrogen-bond acceptors (Lipinski definition) is 3. The average Bonchev–Trinajstić information content (AvgIpc) is 2.62. The van der Waals surface area contributed by atoms with Gasteiger partial charge in [0.25, 0.3) is 5.91 Å². The number of carbonyl (C=O) groups is 2. The summed E-state index contributed by atoms with van der Waals surface area (Å²) >= 11 is 0. The van der Waals surface area contributed by atoms with Gasteiger partial charge >= 0.3 is 6.03 Å². The van der Waals surface area contributed by atoms with E-state index in [1.165, 1.54) is 12.1 Å². The Bertz CT molecular complexity index is 861. The summed E-state index contributed by atoms with van der Waals surface area (Å²) in [4.78, 5) is 24.7. The van der Waals surface area contributed by atoms with Crippen molar-refractivity contribution in [2.75, 3.05) is 12.4 Å². The molecule has 0 radical (unpaired) electrons. The van der Waals surface area contributed by atoms with Crippen molar-refractivity contribution in [1.29, 1.82) is 0 Å². The first-order chi connectivity index (χ1) is 12.5. The number of rotatable bonds is 4. The summed E-state index contributed by atoms with van der Waals surface area (Å²) in [7, 11) is 1.56. The van der Waals surface area contributed by atoms with E-state index in [9.17, 15) is 14.0 Å². The van der Waals surface area contributed by atoms with Crippen molar-refractivity contribution in [3.05, 3.63) is 71.2 Å². The number of carbonyl (C=O) groups excluding carboxylic acids is 2. The molecule has 0 saturated carbocycles. The molecule has 0 bridgehead atoms. The highest BCUT2D eigenvalue weighted by Crippen LogP contribution is 2.28. The lowest BCUT2D eigenvalue weighted by Crippen LogP contribution is -2.45. The van der Waals surface area contributed by atoms with E-state index in [1.54, 1.807) is 50.4 Å². The molecule has 1 unspecified atom stereocenters. The molecule has 0 aliphatic carbocycles. The zero-order chi connectivity index (χ0) is 18.7. The number of methoxy groups -OCH3 is 1. The first-order valence-corrected chi connectivity index (χ1v) is 7.97. The standard InChI is InChI=1S/C19H18FN3O3/c1-11-16(18(24)22-14-7-9-15(26-2)10-8-14)17(23-19(25)21-11)12-3-5-13(20)6-4-12/h3-10,17H,1-2H3,(H,22,24)(H2,21,23,25). The summed E-state index contributed by atoms with van der Waals surface area (Å²) in [5, 5.41) is 8.11. The molecule has 134 valence electrons. The largest absolute Gasteiger partial charge is 0.497 e. The van der Waals surface area contributed by atoms with E-state index < -0.39 is 12.1 Å². The fourth-order valence-corrected chi connectivity index (χ4v) is 2.77. The molecule has 6 nitrogen and oxygen atoms in total. The van der Waals surface area contributed by atoms with Crippen molar-refractivity contribution in [1.82, 2.24) is 10.6 Å². The van der Waals surface area contributed by atoms with Crippen molar-refractivity contribution in [3.8, 4) is 5.75 Å². The van der Waals surface area contributed by atoms with Crippen LogP contribution in [0.15, 0.2) is 59.8 Å². The molecule has 2 aromatic rings. The Balaban J connectivity index is 1.89. The summed E-state index contributed by atoms with van der Waals surface area (Å²) in [5.74, 6) is -0.0809. The Morgan fingerprint density at radius 3 is 2.38 bits per heavy atom. The molecule has 1 aliphatic heterocycles. The Morgan fingerprint density at radius 2 is 1.77 bits per heavy atom. The Labute approximate surface area is 150 Å². The molecular weight excluding hydrogens is 337 g/mol. The third-order valence-corrected chi connectivity index (χ3v) is 4.06.